The molecule has 1 N–H and O–H groups in total. The topological polar surface area (TPSA) is 138 Å². The first kappa shape index (κ1) is 24.3. The average molecular weight is 502 g/mol. The summed E-state index contributed by atoms with van der Waals surface area (Å²) in [6.45, 7) is 3.38. The number of hydrogen-bond donors (Lipinski definition) is 1. The molecule has 1 atom stereocenters. The second-order valence-corrected chi connectivity index (χ2v) is 10.3. The summed E-state index contributed by atoms with van der Waals surface area (Å²) in [5, 5.41) is 14.7. The van der Waals surface area contributed by atoms with E-state index in [9.17, 15) is 12.8 Å². The van der Waals surface area contributed by atoms with Gasteiger partial charge in [-0.3, -0.25) is 9.67 Å². The third-order valence-corrected chi connectivity index (χ3v) is 7.43. The van der Waals surface area contributed by atoms with Gasteiger partial charge in [0.1, 0.15) is 34.5 Å². The molecule has 0 unspecified atom stereocenters. The molecule has 3 aromatic heterocycles. The fraction of sp³-hybridized carbons (Fsp3) is 0.318. The summed E-state index contributed by atoms with van der Waals surface area (Å²) in [6, 6.07) is 6.98. The molecule has 11 nitrogen and oxygen atoms in total. The largest absolute Gasteiger partial charge is 0.494 e. The van der Waals surface area contributed by atoms with Crippen LogP contribution in [0.1, 0.15) is 24.3 Å². The van der Waals surface area contributed by atoms with Gasteiger partial charge < -0.3 is 9.47 Å². The number of sulfone groups is 1. The van der Waals surface area contributed by atoms with E-state index in [4.69, 9.17) is 9.47 Å². The lowest BCUT2D eigenvalue weighted by molar-refractivity contribution is 0.390. The Bertz CT molecular complexity index is 1410. The van der Waals surface area contributed by atoms with E-state index in [-0.39, 0.29) is 18.1 Å². The molecule has 35 heavy (non-hydrogen) atoms. The first-order chi connectivity index (χ1) is 16.7. The maximum atomic E-state index is 13.3. The van der Waals surface area contributed by atoms with Crippen LogP contribution in [-0.2, 0) is 22.0 Å². The van der Waals surface area contributed by atoms with E-state index < -0.39 is 26.7 Å². The number of hydrogen-bond acceptors (Lipinski definition) is 9. The lowest BCUT2D eigenvalue weighted by atomic mass is 10.2. The van der Waals surface area contributed by atoms with E-state index in [2.05, 4.69) is 30.4 Å². The number of nitrogens with zero attached hydrogens (tertiary/aromatic N) is 6. The summed E-state index contributed by atoms with van der Waals surface area (Å²) in [5.74, 6) is 0.528. The molecule has 0 bridgehead atoms. The maximum Gasteiger partial charge on any atom is 0.189 e. The monoisotopic (exact) mass is 501 g/mol. The van der Waals surface area contributed by atoms with Crippen molar-refractivity contribution in [1.29, 1.82) is 0 Å². The molecular weight excluding hydrogens is 477 g/mol. The van der Waals surface area contributed by atoms with Crippen LogP contribution in [0.15, 0.2) is 36.7 Å². The van der Waals surface area contributed by atoms with Crippen LogP contribution in [0.2, 0.25) is 0 Å². The molecule has 0 radical (unpaired) electrons. The third kappa shape index (κ3) is 4.99. The van der Waals surface area contributed by atoms with Crippen molar-refractivity contribution in [2.45, 2.75) is 31.3 Å². The van der Waals surface area contributed by atoms with Gasteiger partial charge in [0, 0.05) is 12.1 Å². The van der Waals surface area contributed by atoms with Crippen LogP contribution in [0.5, 0.6) is 11.5 Å². The summed E-state index contributed by atoms with van der Waals surface area (Å²) in [6.07, 6.45) is 2.02. The van der Waals surface area contributed by atoms with Crippen LogP contribution in [0.4, 0.5) is 4.39 Å². The normalized spacial score (nSPS) is 12.5. The van der Waals surface area contributed by atoms with Gasteiger partial charge in [0.2, 0.25) is 0 Å². The summed E-state index contributed by atoms with van der Waals surface area (Å²) < 4.78 is 52.4. The van der Waals surface area contributed by atoms with Gasteiger partial charge in [0.15, 0.2) is 27.3 Å². The summed E-state index contributed by atoms with van der Waals surface area (Å²) in [4.78, 5) is 7.73. The molecule has 0 amide bonds. The Morgan fingerprint density at radius 3 is 2.34 bits per heavy atom. The molecule has 0 saturated heterocycles. The zero-order chi connectivity index (χ0) is 25.2. The van der Waals surface area contributed by atoms with Gasteiger partial charge in [0.05, 0.1) is 31.9 Å². The van der Waals surface area contributed by atoms with Crippen LogP contribution in [-0.4, -0.2) is 62.8 Å². The lowest BCUT2D eigenvalue weighted by Crippen LogP contribution is -2.24. The van der Waals surface area contributed by atoms with Crippen LogP contribution < -0.4 is 9.47 Å². The number of halogens is 1. The van der Waals surface area contributed by atoms with Gasteiger partial charge in [0.25, 0.3) is 0 Å². The van der Waals surface area contributed by atoms with Crippen LogP contribution in [0, 0.1) is 12.7 Å². The molecular formula is C22H24FN7O4S. The Morgan fingerprint density at radius 2 is 1.77 bits per heavy atom. The molecule has 4 rings (SSSR count). The van der Waals surface area contributed by atoms with Crippen molar-refractivity contribution in [1.82, 2.24) is 34.9 Å². The summed E-state index contributed by atoms with van der Waals surface area (Å²) in [5.41, 5.74) is 1.71. The Hall–Kier alpha value is -3.87. The van der Waals surface area contributed by atoms with Gasteiger partial charge in [-0.1, -0.05) is 6.07 Å². The highest BCUT2D eigenvalue weighted by Crippen LogP contribution is 2.36. The minimum Gasteiger partial charge on any atom is -0.494 e. The number of aromatic amines is 1. The molecule has 0 saturated carbocycles. The second-order valence-electron chi connectivity index (χ2n) is 7.86. The van der Waals surface area contributed by atoms with Gasteiger partial charge in [-0.25, -0.2) is 22.8 Å². The van der Waals surface area contributed by atoms with Crippen molar-refractivity contribution in [2.75, 3.05) is 14.2 Å². The quantitative estimate of drug-likeness (QED) is 0.366. The van der Waals surface area contributed by atoms with Crippen LogP contribution in [0.25, 0.3) is 17.2 Å². The number of rotatable bonds is 9. The Kier molecular flexibility index (Phi) is 6.78. The SMILES string of the molecule is COc1cccc(OC)c1-n1c(CS(=O)(=O)[C@H](C)Cc2ncc(F)cn2)nnc1-c1cc(C)[nH]n1. The highest BCUT2D eigenvalue weighted by Gasteiger charge is 2.29. The van der Waals surface area contributed by atoms with Gasteiger partial charge >= 0.3 is 0 Å². The van der Waals surface area contributed by atoms with Crippen molar-refractivity contribution in [3.63, 3.8) is 0 Å². The predicted molar refractivity (Wildman–Crippen MR) is 125 cm³/mol. The zero-order valence-electron chi connectivity index (χ0n) is 19.6. The minimum atomic E-state index is -3.76. The molecule has 1 aromatic carbocycles. The van der Waals surface area contributed by atoms with Crippen molar-refractivity contribution < 1.29 is 22.3 Å². The Balaban J connectivity index is 1.79. The molecule has 13 heteroatoms. The molecule has 3 heterocycles. The second kappa shape index (κ2) is 9.78. The predicted octanol–water partition coefficient (Wildman–Crippen LogP) is 2.46. The molecule has 0 aliphatic carbocycles. The maximum absolute atomic E-state index is 13.3. The smallest absolute Gasteiger partial charge is 0.189 e. The number of para-hydroxylation sites is 1. The first-order valence-corrected chi connectivity index (χ1v) is 12.3. The van der Waals surface area contributed by atoms with E-state index in [0.717, 1.165) is 18.1 Å². The molecule has 0 spiro atoms. The number of benzene rings is 1. The number of ether oxygens (including phenoxy) is 2. The molecule has 0 fully saturated rings. The fourth-order valence-corrected chi connectivity index (χ4v) is 4.78. The van der Waals surface area contributed by atoms with Crippen LogP contribution in [0.3, 0.4) is 0 Å². The number of H-pyrrole nitrogens is 1. The highest BCUT2D eigenvalue weighted by atomic mass is 32.2. The number of aromatic nitrogens is 7. The van der Waals surface area contributed by atoms with Gasteiger partial charge in [-0.05, 0) is 32.0 Å². The number of aryl methyl sites for hydroxylation is 1. The van der Waals surface area contributed by atoms with Gasteiger partial charge in [-0.15, -0.1) is 10.2 Å². The van der Waals surface area contributed by atoms with Gasteiger partial charge in [-0.2, -0.15) is 5.10 Å². The summed E-state index contributed by atoms with van der Waals surface area (Å²) >= 11 is 0. The van der Waals surface area contributed by atoms with Crippen molar-refractivity contribution in [2.24, 2.45) is 0 Å². The average Bonchev–Trinajstić information content (AvgIpc) is 3.45. The van der Waals surface area contributed by atoms with E-state index in [1.54, 1.807) is 35.8 Å². The fourth-order valence-electron chi connectivity index (χ4n) is 3.55. The summed E-state index contributed by atoms with van der Waals surface area (Å²) in [7, 11) is -0.758. The van der Waals surface area contributed by atoms with Crippen LogP contribution >= 0.6 is 0 Å². The lowest BCUT2D eigenvalue weighted by Gasteiger charge is -2.17. The molecule has 184 valence electrons. The third-order valence-electron chi connectivity index (χ3n) is 5.38. The van der Waals surface area contributed by atoms with E-state index in [0.29, 0.717) is 28.7 Å². The van der Waals surface area contributed by atoms with E-state index in [1.807, 2.05) is 6.92 Å². The number of methoxy groups -OCH3 is 2. The Morgan fingerprint density at radius 1 is 1.11 bits per heavy atom. The van der Waals surface area contributed by atoms with E-state index in [1.165, 1.54) is 14.2 Å². The first-order valence-electron chi connectivity index (χ1n) is 10.6. The Labute approximate surface area is 201 Å². The molecule has 4 aromatic rings. The van der Waals surface area contributed by atoms with E-state index >= 15 is 0 Å². The standard InChI is InChI=1S/C22H24FN7O4S/c1-13-8-16(27-26-13)22-29-28-20(30(22)21-17(33-3)6-5-7-18(21)34-4)12-35(31,32)14(2)9-19-24-10-15(23)11-25-19/h5-8,10-11,14H,9,12H2,1-4H3,(H,26,27)/t14-/m1/s1. The van der Waals surface area contributed by atoms with Crippen molar-refractivity contribution >= 4 is 9.84 Å². The zero-order valence-corrected chi connectivity index (χ0v) is 20.4. The molecule has 0 aliphatic heterocycles. The van der Waals surface area contributed by atoms with Crippen molar-refractivity contribution in [3.05, 3.63) is 59.8 Å². The molecule has 0 aliphatic rings. The minimum absolute atomic E-state index is 0.0140. The number of nitrogens with one attached hydrogen (secondary N) is 1. The highest BCUT2D eigenvalue weighted by molar-refractivity contribution is 7.91. The van der Waals surface area contributed by atoms with Crippen molar-refractivity contribution in [3.8, 4) is 28.7 Å².